The number of rotatable bonds is 3. The minimum absolute atomic E-state index is 0.115. The van der Waals surface area contributed by atoms with Crippen molar-refractivity contribution in [3.8, 4) is 0 Å². The molecule has 1 aliphatic carbocycles. The standard InChI is InChI=1S/C7H13F2NO/c1-10-5-3-2-4-6(5)11-7(8)9/h5-7,10H,2-4H2,1H3. The van der Waals surface area contributed by atoms with Crippen molar-refractivity contribution in [2.24, 2.45) is 0 Å². The van der Waals surface area contributed by atoms with E-state index in [9.17, 15) is 8.78 Å². The van der Waals surface area contributed by atoms with Crippen molar-refractivity contribution >= 4 is 0 Å². The highest BCUT2D eigenvalue weighted by molar-refractivity contribution is 4.82. The molecule has 66 valence electrons. The molecule has 0 radical (unpaired) electrons. The summed E-state index contributed by atoms with van der Waals surface area (Å²) in [7, 11) is 1.78. The molecule has 2 nitrogen and oxygen atoms in total. The number of hydrogen-bond acceptors (Lipinski definition) is 2. The van der Waals surface area contributed by atoms with E-state index in [4.69, 9.17) is 0 Å². The van der Waals surface area contributed by atoms with Crippen molar-refractivity contribution in [3.63, 3.8) is 0 Å². The minimum Gasteiger partial charge on any atom is -0.318 e. The van der Waals surface area contributed by atoms with E-state index in [1.165, 1.54) is 0 Å². The van der Waals surface area contributed by atoms with E-state index in [2.05, 4.69) is 10.1 Å². The summed E-state index contributed by atoms with van der Waals surface area (Å²) in [5.41, 5.74) is 0. The van der Waals surface area contributed by atoms with E-state index in [1.807, 2.05) is 0 Å². The predicted molar refractivity (Wildman–Crippen MR) is 37.6 cm³/mol. The monoisotopic (exact) mass is 165 g/mol. The summed E-state index contributed by atoms with van der Waals surface area (Å²) in [6.07, 6.45) is 2.37. The van der Waals surface area contributed by atoms with Crippen LogP contribution < -0.4 is 5.32 Å². The Morgan fingerprint density at radius 1 is 1.45 bits per heavy atom. The van der Waals surface area contributed by atoms with Gasteiger partial charge in [0, 0.05) is 6.04 Å². The SMILES string of the molecule is CNC1CCCC1OC(F)F. The van der Waals surface area contributed by atoms with Gasteiger partial charge in [0.1, 0.15) is 0 Å². The summed E-state index contributed by atoms with van der Waals surface area (Å²) in [5.74, 6) is 0. The maximum Gasteiger partial charge on any atom is 0.345 e. The van der Waals surface area contributed by atoms with Gasteiger partial charge in [-0.25, -0.2) is 0 Å². The lowest BCUT2D eigenvalue weighted by atomic mass is 10.2. The second-order valence-corrected chi connectivity index (χ2v) is 2.76. The van der Waals surface area contributed by atoms with Gasteiger partial charge >= 0.3 is 6.61 Å². The van der Waals surface area contributed by atoms with Gasteiger partial charge in [-0.1, -0.05) is 0 Å². The molecule has 1 aliphatic rings. The average molecular weight is 165 g/mol. The quantitative estimate of drug-likeness (QED) is 0.681. The second kappa shape index (κ2) is 3.97. The molecule has 0 aliphatic heterocycles. The Hall–Kier alpha value is -0.220. The molecule has 1 saturated carbocycles. The predicted octanol–water partition coefficient (Wildman–Crippen LogP) is 1.37. The maximum atomic E-state index is 11.7. The fourth-order valence-corrected chi connectivity index (χ4v) is 1.55. The molecule has 0 heterocycles. The molecule has 0 aromatic heterocycles. The number of halogens is 2. The van der Waals surface area contributed by atoms with Crippen molar-refractivity contribution in [1.82, 2.24) is 5.32 Å². The Bertz CT molecular complexity index is 121. The van der Waals surface area contributed by atoms with Gasteiger partial charge in [-0.15, -0.1) is 0 Å². The maximum absolute atomic E-state index is 11.7. The molecule has 1 N–H and O–H groups in total. The summed E-state index contributed by atoms with van der Waals surface area (Å²) >= 11 is 0. The third-order valence-electron chi connectivity index (χ3n) is 2.10. The third-order valence-corrected chi connectivity index (χ3v) is 2.10. The van der Waals surface area contributed by atoms with Gasteiger partial charge in [0.2, 0.25) is 0 Å². The fraction of sp³-hybridized carbons (Fsp3) is 1.00. The first kappa shape index (κ1) is 8.87. The van der Waals surface area contributed by atoms with Crippen LogP contribution in [0.25, 0.3) is 0 Å². The van der Waals surface area contributed by atoms with Gasteiger partial charge in [-0.2, -0.15) is 8.78 Å². The van der Waals surface area contributed by atoms with E-state index in [-0.39, 0.29) is 12.1 Å². The smallest absolute Gasteiger partial charge is 0.318 e. The Labute approximate surface area is 64.9 Å². The highest BCUT2D eigenvalue weighted by Crippen LogP contribution is 2.23. The lowest BCUT2D eigenvalue weighted by molar-refractivity contribution is -0.165. The second-order valence-electron chi connectivity index (χ2n) is 2.76. The largest absolute Gasteiger partial charge is 0.345 e. The highest BCUT2D eigenvalue weighted by atomic mass is 19.3. The molecule has 11 heavy (non-hydrogen) atoms. The van der Waals surface area contributed by atoms with Crippen LogP contribution >= 0.6 is 0 Å². The summed E-state index contributed by atoms with van der Waals surface area (Å²) < 4.78 is 27.9. The highest BCUT2D eigenvalue weighted by Gasteiger charge is 2.28. The van der Waals surface area contributed by atoms with Crippen LogP contribution in [0, 0.1) is 0 Å². The normalized spacial score (nSPS) is 31.6. The van der Waals surface area contributed by atoms with Crippen LogP contribution in [0.2, 0.25) is 0 Å². The Morgan fingerprint density at radius 3 is 2.73 bits per heavy atom. The van der Waals surface area contributed by atoms with Crippen LogP contribution in [0.1, 0.15) is 19.3 Å². The zero-order valence-electron chi connectivity index (χ0n) is 6.52. The number of nitrogens with one attached hydrogen (secondary N) is 1. The molecule has 2 unspecified atom stereocenters. The first-order valence-corrected chi connectivity index (χ1v) is 3.85. The van der Waals surface area contributed by atoms with Crippen molar-refractivity contribution in [2.75, 3.05) is 7.05 Å². The Kier molecular flexibility index (Phi) is 3.20. The molecular weight excluding hydrogens is 152 g/mol. The van der Waals surface area contributed by atoms with Crippen LogP contribution in [0.15, 0.2) is 0 Å². The van der Waals surface area contributed by atoms with Crippen LogP contribution in [0.4, 0.5) is 8.78 Å². The molecular formula is C7H13F2NO. The molecule has 0 aromatic rings. The molecule has 4 heteroatoms. The summed E-state index contributed by atoms with van der Waals surface area (Å²) in [4.78, 5) is 0. The van der Waals surface area contributed by atoms with Gasteiger partial charge in [0.05, 0.1) is 6.10 Å². The first-order chi connectivity index (χ1) is 5.24. The van der Waals surface area contributed by atoms with E-state index >= 15 is 0 Å². The number of likely N-dealkylation sites (N-methyl/N-ethyl adjacent to an activating group) is 1. The van der Waals surface area contributed by atoms with Gasteiger partial charge in [-0.3, -0.25) is 0 Å². The third kappa shape index (κ3) is 2.38. The van der Waals surface area contributed by atoms with E-state index in [0.29, 0.717) is 0 Å². The molecule has 0 aromatic carbocycles. The lowest BCUT2D eigenvalue weighted by Crippen LogP contribution is -2.35. The summed E-state index contributed by atoms with van der Waals surface area (Å²) in [5, 5.41) is 2.96. The van der Waals surface area contributed by atoms with E-state index in [0.717, 1.165) is 19.3 Å². The van der Waals surface area contributed by atoms with Crippen molar-refractivity contribution in [2.45, 2.75) is 38.0 Å². The van der Waals surface area contributed by atoms with Crippen molar-refractivity contribution < 1.29 is 13.5 Å². The minimum atomic E-state index is -2.63. The molecule has 1 rings (SSSR count). The molecule has 0 spiro atoms. The number of hydrogen-bond donors (Lipinski definition) is 1. The van der Waals surface area contributed by atoms with Gasteiger partial charge < -0.3 is 10.1 Å². The Morgan fingerprint density at radius 2 is 2.18 bits per heavy atom. The zero-order valence-corrected chi connectivity index (χ0v) is 6.52. The van der Waals surface area contributed by atoms with Crippen LogP contribution in [0.5, 0.6) is 0 Å². The molecule has 0 saturated heterocycles. The van der Waals surface area contributed by atoms with Crippen molar-refractivity contribution in [3.05, 3.63) is 0 Å². The first-order valence-electron chi connectivity index (χ1n) is 3.85. The van der Waals surface area contributed by atoms with Crippen LogP contribution in [-0.4, -0.2) is 25.8 Å². The number of ether oxygens (including phenoxy) is 1. The van der Waals surface area contributed by atoms with Gasteiger partial charge in [-0.05, 0) is 26.3 Å². The molecule has 0 amide bonds. The van der Waals surface area contributed by atoms with Gasteiger partial charge in [0.15, 0.2) is 0 Å². The molecule has 2 atom stereocenters. The molecule has 0 bridgehead atoms. The van der Waals surface area contributed by atoms with Crippen LogP contribution in [0.3, 0.4) is 0 Å². The fourth-order valence-electron chi connectivity index (χ4n) is 1.55. The number of alkyl halides is 2. The topological polar surface area (TPSA) is 21.3 Å². The van der Waals surface area contributed by atoms with Crippen molar-refractivity contribution in [1.29, 1.82) is 0 Å². The summed E-state index contributed by atoms with van der Waals surface area (Å²) in [6, 6.07) is 0.115. The lowest BCUT2D eigenvalue weighted by Gasteiger charge is -2.18. The van der Waals surface area contributed by atoms with E-state index < -0.39 is 6.61 Å². The average Bonchev–Trinajstić information content (AvgIpc) is 2.34. The molecule has 1 fully saturated rings. The Balaban J connectivity index is 2.31. The van der Waals surface area contributed by atoms with Crippen LogP contribution in [-0.2, 0) is 4.74 Å². The summed E-state index contributed by atoms with van der Waals surface area (Å²) in [6.45, 7) is -2.63. The zero-order chi connectivity index (χ0) is 8.27. The van der Waals surface area contributed by atoms with E-state index in [1.54, 1.807) is 7.05 Å². The van der Waals surface area contributed by atoms with Gasteiger partial charge in [0.25, 0.3) is 0 Å².